The number of carbonyl (C=O) groups is 1. The summed E-state index contributed by atoms with van der Waals surface area (Å²) in [6, 6.07) is 12.3. The summed E-state index contributed by atoms with van der Waals surface area (Å²) in [5.41, 5.74) is 2.52. The van der Waals surface area contributed by atoms with Gasteiger partial charge in [0.25, 0.3) is 0 Å². The molecule has 4 nitrogen and oxygen atoms in total. The zero-order valence-electron chi connectivity index (χ0n) is 11.9. The Morgan fingerprint density at radius 1 is 1.19 bits per heavy atom. The summed E-state index contributed by atoms with van der Waals surface area (Å²) in [6.45, 7) is 2.06. The van der Waals surface area contributed by atoms with Crippen LogP contribution in [0.4, 0.5) is 0 Å². The number of methoxy groups -OCH3 is 1. The fourth-order valence-corrected chi connectivity index (χ4v) is 2.68. The SMILES string of the molecule is COC(=O)c1ccc2c(c1)C(C)C(c1ccc(O)cc1)O2. The predicted molar refractivity (Wildman–Crippen MR) is 77.7 cm³/mol. The molecule has 2 unspecified atom stereocenters. The van der Waals surface area contributed by atoms with Gasteiger partial charge in [-0.15, -0.1) is 0 Å². The van der Waals surface area contributed by atoms with Gasteiger partial charge in [0.05, 0.1) is 12.7 Å². The third-order valence-corrected chi connectivity index (χ3v) is 3.85. The molecule has 21 heavy (non-hydrogen) atoms. The molecule has 1 N–H and O–H groups in total. The number of phenols is 1. The topological polar surface area (TPSA) is 55.8 Å². The highest BCUT2D eigenvalue weighted by Gasteiger charge is 2.32. The Bertz CT molecular complexity index is 676. The Morgan fingerprint density at radius 3 is 2.57 bits per heavy atom. The largest absolute Gasteiger partial charge is 0.508 e. The lowest BCUT2D eigenvalue weighted by molar-refractivity contribution is 0.0600. The standard InChI is InChI=1S/C17H16O4/c1-10-14-9-12(17(19)20-2)5-8-15(14)21-16(10)11-3-6-13(18)7-4-11/h3-10,16,18H,1-2H3. The van der Waals surface area contributed by atoms with Gasteiger partial charge in [-0.25, -0.2) is 4.79 Å². The first-order chi connectivity index (χ1) is 10.1. The van der Waals surface area contributed by atoms with Gasteiger partial charge in [0.2, 0.25) is 0 Å². The molecule has 2 aromatic carbocycles. The normalized spacial score (nSPS) is 19.7. The van der Waals surface area contributed by atoms with Crippen LogP contribution in [0.15, 0.2) is 42.5 Å². The van der Waals surface area contributed by atoms with Gasteiger partial charge in [-0.05, 0) is 35.9 Å². The van der Waals surface area contributed by atoms with Crippen LogP contribution in [0.3, 0.4) is 0 Å². The molecule has 0 bridgehead atoms. The van der Waals surface area contributed by atoms with Crippen molar-refractivity contribution in [3.05, 3.63) is 59.2 Å². The Morgan fingerprint density at radius 2 is 1.90 bits per heavy atom. The molecule has 0 saturated heterocycles. The van der Waals surface area contributed by atoms with Crippen LogP contribution in [0.1, 0.15) is 40.4 Å². The van der Waals surface area contributed by atoms with Gasteiger partial charge >= 0.3 is 5.97 Å². The Balaban J connectivity index is 1.93. The number of carbonyl (C=O) groups excluding carboxylic acids is 1. The van der Waals surface area contributed by atoms with Gasteiger partial charge in [-0.2, -0.15) is 0 Å². The molecule has 0 aliphatic carbocycles. The van der Waals surface area contributed by atoms with E-state index >= 15 is 0 Å². The van der Waals surface area contributed by atoms with Crippen LogP contribution in [-0.4, -0.2) is 18.2 Å². The Labute approximate surface area is 122 Å². The van der Waals surface area contributed by atoms with Crippen molar-refractivity contribution >= 4 is 5.97 Å². The Kier molecular flexibility index (Phi) is 3.29. The highest BCUT2D eigenvalue weighted by molar-refractivity contribution is 5.89. The number of aromatic hydroxyl groups is 1. The zero-order valence-corrected chi connectivity index (χ0v) is 11.9. The molecule has 0 radical (unpaired) electrons. The first-order valence-corrected chi connectivity index (χ1v) is 6.78. The predicted octanol–water partition coefficient (Wildman–Crippen LogP) is 3.42. The maximum atomic E-state index is 11.6. The van der Waals surface area contributed by atoms with Crippen LogP contribution in [-0.2, 0) is 4.74 Å². The lowest BCUT2D eigenvalue weighted by atomic mass is 9.92. The first kappa shape index (κ1) is 13.5. The van der Waals surface area contributed by atoms with Gasteiger partial charge in [0.15, 0.2) is 0 Å². The molecule has 4 heteroatoms. The van der Waals surface area contributed by atoms with Crippen molar-refractivity contribution in [1.82, 2.24) is 0 Å². The summed E-state index contributed by atoms with van der Waals surface area (Å²) in [5.74, 6) is 0.787. The number of hydrogen-bond donors (Lipinski definition) is 1. The second-order valence-electron chi connectivity index (χ2n) is 5.16. The quantitative estimate of drug-likeness (QED) is 0.859. The van der Waals surface area contributed by atoms with E-state index in [1.807, 2.05) is 18.2 Å². The molecule has 0 fully saturated rings. The van der Waals surface area contributed by atoms with E-state index in [0.717, 1.165) is 16.9 Å². The van der Waals surface area contributed by atoms with Crippen molar-refractivity contribution in [1.29, 1.82) is 0 Å². The number of phenolic OH excluding ortho intramolecular Hbond substituents is 1. The van der Waals surface area contributed by atoms with Gasteiger partial charge in [-0.3, -0.25) is 0 Å². The molecular formula is C17H16O4. The highest BCUT2D eigenvalue weighted by atomic mass is 16.5. The molecule has 108 valence electrons. The van der Waals surface area contributed by atoms with E-state index in [-0.39, 0.29) is 23.7 Å². The fourth-order valence-electron chi connectivity index (χ4n) is 2.68. The molecule has 0 aromatic heterocycles. The Hall–Kier alpha value is -2.49. The van der Waals surface area contributed by atoms with Crippen LogP contribution in [0.2, 0.25) is 0 Å². The molecule has 0 spiro atoms. The number of ether oxygens (including phenoxy) is 2. The summed E-state index contributed by atoms with van der Waals surface area (Å²) in [6.07, 6.45) is -0.117. The number of fused-ring (bicyclic) bond motifs is 1. The summed E-state index contributed by atoms with van der Waals surface area (Å²) < 4.78 is 10.7. The van der Waals surface area contributed by atoms with E-state index in [2.05, 4.69) is 6.92 Å². The van der Waals surface area contributed by atoms with Crippen molar-refractivity contribution in [3.8, 4) is 11.5 Å². The summed E-state index contributed by atoms with van der Waals surface area (Å²) in [7, 11) is 1.37. The third kappa shape index (κ3) is 2.33. The van der Waals surface area contributed by atoms with Crippen LogP contribution in [0.25, 0.3) is 0 Å². The van der Waals surface area contributed by atoms with E-state index in [4.69, 9.17) is 9.47 Å². The van der Waals surface area contributed by atoms with Crippen LogP contribution < -0.4 is 4.74 Å². The lowest BCUT2D eigenvalue weighted by Gasteiger charge is -2.15. The van der Waals surface area contributed by atoms with E-state index in [0.29, 0.717) is 5.56 Å². The maximum Gasteiger partial charge on any atom is 0.337 e. The summed E-state index contributed by atoms with van der Waals surface area (Å²) >= 11 is 0. The van der Waals surface area contributed by atoms with Gasteiger partial charge < -0.3 is 14.6 Å². The minimum absolute atomic E-state index is 0.117. The van der Waals surface area contributed by atoms with Gasteiger partial charge in [0.1, 0.15) is 17.6 Å². The summed E-state index contributed by atoms with van der Waals surface area (Å²) in [5, 5.41) is 9.37. The lowest BCUT2D eigenvalue weighted by Crippen LogP contribution is -2.07. The molecule has 0 saturated carbocycles. The van der Waals surface area contributed by atoms with E-state index in [1.165, 1.54) is 7.11 Å². The van der Waals surface area contributed by atoms with Crippen molar-refractivity contribution in [3.63, 3.8) is 0 Å². The van der Waals surface area contributed by atoms with Crippen molar-refractivity contribution in [2.45, 2.75) is 18.9 Å². The molecule has 1 aliphatic heterocycles. The first-order valence-electron chi connectivity index (χ1n) is 6.78. The van der Waals surface area contributed by atoms with E-state index in [9.17, 15) is 9.90 Å². The highest BCUT2D eigenvalue weighted by Crippen LogP contribution is 2.46. The maximum absolute atomic E-state index is 11.6. The second kappa shape index (κ2) is 5.13. The number of benzene rings is 2. The van der Waals surface area contributed by atoms with Crippen LogP contribution in [0, 0.1) is 0 Å². The molecule has 2 atom stereocenters. The number of esters is 1. The zero-order chi connectivity index (χ0) is 15.0. The average molecular weight is 284 g/mol. The van der Waals surface area contributed by atoms with E-state index < -0.39 is 0 Å². The molecule has 1 heterocycles. The number of hydrogen-bond acceptors (Lipinski definition) is 4. The molecule has 0 amide bonds. The van der Waals surface area contributed by atoms with Crippen LogP contribution in [0.5, 0.6) is 11.5 Å². The fraction of sp³-hybridized carbons (Fsp3) is 0.235. The van der Waals surface area contributed by atoms with Crippen molar-refractivity contribution in [2.75, 3.05) is 7.11 Å². The average Bonchev–Trinajstić information content (AvgIpc) is 2.84. The van der Waals surface area contributed by atoms with Crippen LogP contribution >= 0.6 is 0 Å². The van der Waals surface area contributed by atoms with Gasteiger partial charge in [0, 0.05) is 11.5 Å². The minimum Gasteiger partial charge on any atom is -0.508 e. The monoisotopic (exact) mass is 284 g/mol. The smallest absolute Gasteiger partial charge is 0.337 e. The molecular weight excluding hydrogens is 268 g/mol. The molecule has 2 aromatic rings. The van der Waals surface area contributed by atoms with E-state index in [1.54, 1.807) is 24.3 Å². The second-order valence-corrected chi connectivity index (χ2v) is 5.16. The minimum atomic E-state index is -0.349. The molecule has 3 rings (SSSR count). The summed E-state index contributed by atoms with van der Waals surface area (Å²) in [4.78, 5) is 11.6. The van der Waals surface area contributed by atoms with Crippen molar-refractivity contribution < 1.29 is 19.4 Å². The van der Waals surface area contributed by atoms with Gasteiger partial charge in [-0.1, -0.05) is 19.1 Å². The molecule has 1 aliphatic rings. The number of rotatable bonds is 2. The van der Waals surface area contributed by atoms with Crippen molar-refractivity contribution in [2.24, 2.45) is 0 Å². The third-order valence-electron chi connectivity index (χ3n) is 3.85.